The van der Waals surface area contributed by atoms with Gasteiger partial charge in [-0.25, -0.2) is 4.39 Å². The molecular weight excluding hydrogens is 413 g/mol. The van der Waals surface area contributed by atoms with Crippen molar-refractivity contribution < 1.29 is 28.4 Å². The predicted octanol–water partition coefficient (Wildman–Crippen LogP) is 3.55. The number of aliphatic hydroxyl groups is 1. The van der Waals surface area contributed by atoms with Gasteiger partial charge in [-0.3, -0.25) is 4.90 Å². The summed E-state index contributed by atoms with van der Waals surface area (Å²) in [4.78, 5) is 2.50. The molecule has 3 atom stereocenters. The van der Waals surface area contributed by atoms with E-state index >= 15 is 4.39 Å². The Hall–Kier alpha value is -1.41. The highest BCUT2D eigenvalue weighted by Gasteiger charge is 2.40. The van der Waals surface area contributed by atoms with Gasteiger partial charge in [-0.1, -0.05) is 20.8 Å². The summed E-state index contributed by atoms with van der Waals surface area (Å²) in [5.41, 5.74) is 0.890. The summed E-state index contributed by atoms with van der Waals surface area (Å²) >= 11 is 0. The van der Waals surface area contributed by atoms with Crippen LogP contribution in [0.2, 0.25) is 0 Å². The maximum Gasteiger partial charge on any atom is 0.190 e. The number of methoxy groups -OCH3 is 1. The molecule has 3 heterocycles. The van der Waals surface area contributed by atoms with E-state index in [1.807, 2.05) is 12.1 Å². The molecule has 0 saturated carbocycles. The van der Waals surface area contributed by atoms with E-state index in [1.54, 1.807) is 7.11 Å². The molecule has 1 aromatic rings. The molecule has 0 spiro atoms. The smallest absolute Gasteiger partial charge is 0.190 e. The first kappa shape index (κ1) is 23.7. The average Bonchev–Trinajstić information content (AvgIpc) is 2.96. The van der Waals surface area contributed by atoms with Crippen LogP contribution < -0.4 is 9.47 Å². The van der Waals surface area contributed by atoms with Gasteiger partial charge in [0.25, 0.3) is 0 Å². The Morgan fingerprint density at radius 2 is 1.91 bits per heavy atom. The van der Waals surface area contributed by atoms with Gasteiger partial charge in [-0.15, -0.1) is 0 Å². The molecule has 0 aliphatic carbocycles. The number of piperidine rings is 1. The lowest BCUT2D eigenvalue weighted by Crippen LogP contribution is -2.48. The zero-order valence-electron chi connectivity index (χ0n) is 19.9. The van der Waals surface area contributed by atoms with Crippen molar-refractivity contribution in [2.24, 2.45) is 11.3 Å². The zero-order valence-corrected chi connectivity index (χ0v) is 19.9. The molecule has 0 bridgehead atoms. The fraction of sp³-hybridized carbons (Fsp3) is 0.760. The van der Waals surface area contributed by atoms with Gasteiger partial charge in [0, 0.05) is 19.1 Å². The van der Waals surface area contributed by atoms with Crippen LogP contribution in [0.15, 0.2) is 12.1 Å². The van der Waals surface area contributed by atoms with E-state index in [-0.39, 0.29) is 37.4 Å². The molecule has 1 aromatic carbocycles. The van der Waals surface area contributed by atoms with Crippen molar-refractivity contribution in [2.75, 3.05) is 53.2 Å². The van der Waals surface area contributed by atoms with Gasteiger partial charge in [0.05, 0.1) is 39.6 Å². The van der Waals surface area contributed by atoms with Crippen LogP contribution >= 0.6 is 0 Å². The van der Waals surface area contributed by atoms with Crippen molar-refractivity contribution in [1.82, 2.24) is 4.90 Å². The van der Waals surface area contributed by atoms with Crippen molar-refractivity contribution in [3.63, 3.8) is 0 Å². The number of benzene rings is 1. The minimum atomic E-state index is -1.68. The van der Waals surface area contributed by atoms with Crippen LogP contribution in [0.3, 0.4) is 0 Å². The molecule has 0 aromatic heterocycles. The van der Waals surface area contributed by atoms with Gasteiger partial charge < -0.3 is 24.1 Å². The lowest BCUT2D eigenvalue weighted by molar-refractivity contribution is -0.0262. The first-order valence-corrected chi connectivity index (χ1v) is 11.8. The summed E-state index contributed by atoms with van der Waals surface area (Å²) in [7, 11) is 1.60. The minimum Gasteiger partial charge on any atom is -0.493 e. The van der Waals surface area contributed by atoms with Crippen LogP contribution in [0.1, 0.15) is 50.8 Å². The number of ether oxygens (including phenoxy) is 4. The van der Waals surface area contributed by atoms with E-state index in [4.69, 9.17) is 18.9 Å². The second-order valence-electron chi connectivity index (χ2n) is 10.8. The SMILES string of the molecule is COc1cc2c(cc1OCC1(F)COCCOC1)CCN1C[C@@H](CC(C)(C)C)[C@H](O)C[C@H]21. The fourth-order valence-electron chi connectivity index (χ4n) is 5.32. The van der Waals surface area contributed by atoms with Crippen LogP contribution in [-0.2, 0) is 15.9 Å². The molecule has 3 aliphatic heterocycles. The molecule has 3 aliphatic rings. The van der Waals surface area contributed by atoms with E-state index in [0.717, 1.165) is 32.4 Å². The highest BCUT2D eigenvalue weighted by molar-refractivity contribution is 5.49. The first-order valence-electron chi connectivity index (χ1n) is 11.8. The molecule has 2 saturated heterocycles. The number of hydrogen-bond donors (Lipinski definition) is 1. The third-order valence-corrected chi connectivity index (χ3v) is 6.83. The number of halogens is 1. The van der Waals surface area contributed by atoms with Gasteiger partial charge in [-0.05, 0) is 53.9 Å². The van der Waals surface area contributed by atoms with Gasteiger partial charge in [0.15, 0.2) is 17.2 Å². The van der Waals surface area contributed by atoms with Crippen LogP contribution in [0.25, 0.3) is 0 Å². The monoisotopic (exact) mass is 451 g/mol. The van der Waals surface area contributed by atoms with Crippen LogP contribution in [0, 0.1) is 11.3 Å². The summed E-state index contributed by atoms with van der Waals surface area (Å²) in [5, 5.41) is 10.9. The number of nitrogens with zero attached hydrogens (tertiary/aromatic N) is 1. The van der Waals surface area contributed by atoms with Crippen molar-refractivity contribution in [3.8, 4) is 11.5 Å². The normalized spacial score (nSPS) is 28.4. The second-order valence-corrected chi connectivity index (χ2v) is 10.8. The molecule has 0 amide bonds. The van der Waals surface area contributed by atoms with E-state index in [2.05, 4.69) is 25.7 Å². The van der Waals surface area contributed by atoms with Gasteiger partial charge >= 0.3 is 0 Å². The third-order valence-electron chi connectivity index (χ3n) is 6.83. The lowest BCUT2D eigenvalue weighted by atomic mass is 9.75. The maximum absolute atomic E-state index is 15.1. The molecule has 6 nitrogen and oxygen atoms in total. The van der Waals surface area contributed by atoms with Crippen molar-refractivity contribution in [3.05, 3.63) is 23.3 Å². The van der Waals surface area contributed by atoms with Crippen molar-refractivity contribution in [2.45, 2.75) is 57.8 Å². The zero-order chi connectivity index (χ0) is 22.9. The third kappa shape index (κ3) is 5.38. The molecular formula is C25H38FNO5. The minimum absolute atomic E-state index is 0.0368. The summed E-state index contributed by atoms with van der Waals surface area (Å²) in [6.07, 6.45) is 2.32. The van der Waals surface area contributed by atoms with Gasteiger partial charge in [0.2, 0.25) is 0 Å². The van der Waals surface area contributed by atoms with Gasteiger partial charge in [0.1, 0.15) is 6.61 Å². The Bertz CT molecular complexity index is 787. The number of fused-ring (bicyclic) bond motifs is 3. The molecule has 7 heteroatoms. The van der Waals surface area contributed by atoms with E-state index < -0.39 is 5.67 Å². The van der Waals surface area contributed by atoms with Crippen molar-refractivity contribution >= 4 is 0 Å². The number of alkyl halides is 1. The van der Waals surface area contributed by atoms with Crippen molar-refractivity contribution in [1.29, 1.82) is 0 Å². The topological polar surface area (TPSA) is 60.4 Å². The Labute approximate surface area is 191 Å². The lowest BCUT2D eigenvalue weighted by Gasteiger charge is -2.47. The highest BCUT2D eigenvalue weighted by Crippen LogP contribution is 2.44. The first-order chi connectivity index (χ1) is 15.2. The summed E-state index contributed by atoms with van der Waals surface area (Å²) in [5.74, 6) is 1.43. The standard InChI is InChI=1S/C25H38FNO5/c1-24(2,3)12-18-13-27-6-5-17-9-23(32-16-25(26)14-30-7-8-31-15-25)22(29-4)10-19(17)20(27)11-21(18)28/h9-10,18,20-21,28H,5-8,11-16H2,1-4H3/t18-,20-,21-/m1/s1. The van der Waals surface area contributed by atoms with Crippen LogP contribution in [0.5, 0.6) is 11.5 Å². The van der Waals surface area contributed by atoms with Crippen LogP contribution in [-0.4, -0.2) is 75.0 Å². The Kier molecular flexibility index (Phi) is 7.01. The Balaban J connectivity index is 1.50. The molecule has 4 rings (SSSR count). The summed E-state index contributed by atoms with van der Waals surface area (Å²) < 4.78 is 37.2. The predicted molar refractivity (Wildman–Crippen MR) is 120 cm³/mol. The van der Waals surface area contributed by atoms with Gasteiger partial charge in [-0.2, -0.15) is 0 Å². The fourth-order valence-corrected chi connectivity index (χ4v) is 5.32. The number of rotatable bonds is 5. The largest absolute Gasteiger partial charge is 0.493 e. The molecule has 0 radical (unpaired) electrons. The average molecular weight is 452 g/mol. The maximum atomic E-state index is 15.1. The highest BCUT2D eigenvalue weighted by atomic mass is 19.1. The molecule has 2 fully saturated rings. The summed E-state index contributed by atoms with van der Waals surface area (Å²) in [6.45, 7) is 9.14. The molecule has 32 heavy (non-hydrogen) atoms. The second kappa shape index (κ2) is 9.45. The van der Waals surface area contributed by atoms with E-state index in [0.29, 0.717) is 30.6 Å². The molecule has 180 valence electrons. The van der Waals surface area contributed by atoms with E-state index in [9.17, 15) is 5.11 Å². The quantitative estimate of drug-likeness (QED) is 0.739. The van der Waals surface area contributed by atoms with Crippen LogP contribution in [0.4, 0.5) is 4.39 Å². The number of hydrogen-bond acceptors (Lipinski definition) is 6. The molecule has 1 N–H and O–H groups in total. The molecule has 0 unspecified atom stereocenters. The van der Waals surface area contributed by atoms with E-state index in [1.165, 1.54) is 11.1 Å². The Morgan fingerprint density at radius 1 is 1.19 bits per heavy atom. The Morgan fingerprint density at radius 3 is 2.56 bits per heavy atom. The summed E-state index contributed by atoms with van der Waals surface area (Å²) in [6, 6.07) is 4.17. The number of aliphatic hydroxyl groups excluding tert-OH is 1.